The van der Waals surface area contributed by atoms with Crippen LogP contribution in [0.2, 0.25) is 5.02 Å². The summed E-state index contributed by atoms with van der Waals surface area (Å²) in [5, 5.41) is 0.835. The number of ether oxygens (including phenoxy) is 1. The van der Waals surface area contributed by atoms with Crippen LogP contribution in [0.4, 0.5) is 10.2 Å². The third kappa shape index (κ3) is 5.75. The van der Waals surface area contributed by atoms with Crippen molar-refractivity contribution in [2.75, 3.05) is 44.7 Å². The average molecular weight is 597 g/mol. The second-order valence-electron chi connectivity index (χ2n) is 12.3. The van der Waals surface area contributed by atoms with Gasteiger partial charge in [0.2, 0.25) is 0 Å². The molecular weight excluding hydrogens is 555 g/mol. The average Bonchev–Trinajstić information content (AvgIpc) is 3.61. The fraction of sp³-hybridized carbons (Fsp3) is 0.594. The molecular formula is C32H42ClFN6O2. The van der Waals surface area contributed by atoms with Gasteiger partial charge in [-0.3, -0.25) is 9.69 Å². The maximum atomic E-state index is 13.9. The molecule has 8 nitrogen and oxygen atoms in total. The Labute approximate surface area is 253 Å². The Hall–Kier alpha value is -2.75. The number of nitrogens with zero attached hydrogens (tertiary/aromatic N) is 6. The highest BCUT2D eigenvalue weighted by molar-refractivity contribution is 6.31. The zero-order valence-corrected chi connectivity index (χ0v) is 25.6. The van der Waals surface area contributed by atoms with Crippen molar-refractivity contribution in [1.29, 1.82) is 0 Å². The molecule has 1 aromatic heterocycles. The van der Waals surface area contributed by atoms with Crippen molar-refractivity contribution in [3.63, 3.8) is 0 Å². The molecule has 0 bridgehead atoms. The Kier molecular flexibility index (Phi) is 8.70. The predicted octanol–water partition coefficient (Wildman–Crippen LogP) is 5.30. The molecule has 10 heteroatoms. The summed E-state index contributed by atoms with van der Waals surface area (Å²) in [5.41, 5.74) is 4.69. The van der Waals surface area contributed by atoms with Crippen LogP contribution < -0.4 is 9.64 Å². The van der Waals surface area contributed by atoms with Crippen molar-refractivity contribution >= 4 is 23.3 Å². The van der Waals surface area contributed by atoms with Gasteiger partial charge in [0.05, 0.1) is 5.69 Å². The lowest BCUT2D eigenvalue weighted by Crippen LogP contribution is -2.55. The molecule has 0 saturated carbocycles. The van der Waals surface area contributed by atoms with Crippen LogP contribution in [-0.4, -0.2) is 82.5 Å². The van der Waals surface area contributed by atoms with E-state index in [0.717, 1.165) is 73.7 Å². The van der Waals surface area contributed by atoms with Crippen molar-refractivity contribution in [3.05, 3.63) is 58.0 Å². The van der Waals surface area contributed by atoms with Gasteiger partial charge in [0, 0.05) is 61.4 Å². The SMILES string of the molecule is C=C(F)C(=O)N1CCN(c2nc(OC[C@@H]3CCCN3C)nc3c2CN(C2CCCc4cccc(Cl)c42)C3)C[C@@H]1CCC. The van der Waals surface area contributed by atoms with Gasteiger partial charge in [0.15, 0.2) is 5.83 Å². The number of aromatic nitrogens is 2. The molecule has 0 radical (unpaired) electrons. The zero-order chi connectivity index (χ0) is 29.4. The summed E-state index contributed by atoms with van der Waals surface area (Å²) < 4.78 is 20.2. The molecule has 226 valence electrons. The Morgan fingerprint density at radius 2 is 2.00 bits per heavy atom. The molecule has 1 aromatic carbocycles. The first-order valence-corrected chi connectivity index (χ1v) is 15.9. The van der Waals surface area contributed by atoms with Gasteiger partial charge in [-0.2, -0.15) is 9.97 Å². The van der Waals surface area contributed by atoms with Crippen molar-refractivity contribution in [2.24, 2.45) is 0 Å². The normalized spacial score (nSPS) is 24.5. The Morgan fingerprint density at radius 3 is 2.76 bits per heavy atom. The summed E-state index contributed by atoms with van der Waals surface area (Å²) in [7, 11) is 2.14. The molecule has 4 aliphatic rings. The standard InChI is InChI=1S/C32H42ClFN6O2/c1-4-8-23-17-38(15-16-40(23)31(41)21(2)34)30-25-18-39(28-13-6-10-22-9-5-12-26(33)29(22)28)19-27(25)35-32(36-30)42-20-24-11-7-14-37(24)3/h5,9,12,23-24,28H,2,4,6-8,10-11,13-20H2,1,3H3/t23-,24-,28?/m0/s1. The number of carbonyl (C=O) groups is 1. The molecule has 0 spiro atoms. The van der Waals surface area contributed by atoms with E-state index >= 15 is 0 Å². The third-order valence-corrected chi connectivity index (χ3v) is 9.91. The molecule has 2 aromatic rings. The van der Waals surface area contributed by atoms with Crippen LogP contribution in [0, 0.1) is 0 Å². The molecule has 1 amide bonds. The van der Waals surface area contributed by atoms with Crippen molar-refractivity contribution in [2.45, 2.75) is 83.1 Å². The fourth-order valence-corrected chi connectivity index (χ4v) is 7.69. The summed E-state index contributed by atoms with van der Waals surface area (Å²) in [6.45, 7) is 9.99. The van der Waals surface area contributed by atoms with Gasteiger partial charge < -0.3 is 19.4 Å². The Bertz CT molecular complexity index is 1340. The van der Waals surface area contributed by atoms with Gasteiger partial charge in [0.1, 0.15) is 12.4 Å². The van der Waals surface area contributed by atoms with Crippen molar-refractivity contribution in [1.82, 2.24) is 24.7 Å². The second-order valence-corrected chi connectivity index (χ2v) is 12.7. The fourth-order valence-electron chi connectivity index (χ4n) is 7.37. The number of likely N-dealkylation sites (tertiary alicyclic amines) is 1. The van der Waals surface area contributed by atoms with Crippen LogP contribution in [0.15, 0.2) is 30.6 Å². The van der Waals surface area contributed by atoms with E-state index in [1.165, 1.54) is 17.5 Å². The largest absolute Gasteiger partial charge is 0.462 e. The lowest BCUT2D eigenvalue weighted by molar-refractivity contribution is -0.131. The number of benzene rings is 1. The number of piperazine rings is 1. The molecule has 0 N–H and O–H groups in total. The van der Waals surface area contributed by atoms with E-state index in [4.69, 9.17) is 26.3 Å². The van der Waals surface area contributed by atoms with E-state index in [1.54, 1.807) is 4.90 Å². The third-order valence-electron chi connectivity index (χ3n) is 9.58. The number of rotatable bonds is 8. The summed E-state index contributed by atoms with van der Waals surface area (Å²) in [5.74, 6) is -0.633. The highest BCUT2D eigenvalue weighted by atomic mass is 35.5. The monoisotopic (exact) mass is 596 g/mol. The van der Waals surface area contributed by atoms with Gasteiger partial charge in [-0.25, -0.2) is 4.39 Å². The quantitative estimate of drug-likeness (QED) is 0.383. The molecule has 2 fully saturated rings. The van der Waals surface area contributed by atoms with Gasteiger partial charge in [-0.1, -0.05) is 43.7 Å². The number of likely N-dealkylation sites (N-methyl/N-ethyl adjacent to an activating group) is 1. The maximum Gasteiger partial charge on any atom is 0.318 e. The van der Waals surface area contributed by atoms with Gasteiger partial charge in [-0.05, 0) is 69.3 Å². The van der Waals surface area contributed by atoms with Crippen molar-refractivity contribution < 1.29 is 13.9 Å². The van der Waals surface area contributed by atoms with Crippen molar-refractivity contribution in [3.8, 4) is 6.01 Å². The molecule has 1 aliphatic carbocycles. The first kappa shape index (κ1) is 29.3. The van der Waals surface area contributed by atoms with Crippen LogP contribution in [0.3, 0.4) is 0 Å². The van der Waals surface area contributed by atoms with Crippen LogP contribution in [0.25, 0.3) is 0 Å². The molecule has 1 unspecified atom stereocenters. The highest BCUT2D eigenvalue weighted by Crippen LogP contribution is 2.43. The molecule has 3 aliphatic heterocycles. The maximum absolute atomic E-state index is 13.9. The topological polar surface area (TPSA) is 65.0 Å². The van der Waals surface area contributed by atoms with E-state index < -0.39 is 11.7 Å². The second kappa shape index (κ2) is 12.5. The van der Waals surface area contributed by atoms with Gasteiger partial charge in [-0.15, -0.1) is 0 Å². The number of carbonyl (C=O) groups excluding carboxylic acids is 1. The minimum absolute atomic E-state index is 0.118. The van der Waals surface area contributed by atoms with Crippen LogP contribution in [0.5, 0.6) is 6.01 Å². The zero-order valence-electron chi connectivity index (χ0n) is 24.8. The summed E-state index contributed by atoms with van der Waals surface area (Å²) in [4.78, 5) is 31.3. The lowest BCUT2D eigenvalue weighted by atomic mass is 9.87. The number of anilines is 1. The number of aryl methyl sites for hydroxylation is 1. The van der Waals surface area contributed by atoms with E-state index in [0.29, 0.717) is 44.8 Å². The first-order chi connectivity index (χ1) is 20.3. The number of fused-ring (bicyclic) bond motifs is 2. The highest BCUT2D eigenvalue weighted by Gasteiger charge is 2.38. The minimum Gasteiger partial charge on any atom is -0.462 e. The number of hydrogen-bond acceptors (Lipinski definition) is 7. The van der Waals surface area contributed by atoms with Gasteiger partial charge in [0.25, 0.3) is 5.91 Å². The van der Waals surface area contributed by atoms with E-state index in [2.05, 4.69) is 41.3 Å². The Morgan fingerprint density at radius 1 is 1.14 bits per heavy atom. The van der Waals surface area contributed by atoms with Gasteiger partial charge >= 0.3 is 6.01 Å². The number of halogens is 2. The summed E-state index contributed by atoms with van der Waals surface area (Å²) in [6, 6.07) is 7.13. The summed E-state index contributed by atoms with van der Waals surface area (Å²) in [6.07, 6.45) is 7.19. The molecule has 6 rings (SSSR count). The van der Waals surface area contributed by atoms with Crippen LogP contribution in [-0.2, 0) is 24.3 Å². The summed E-state index contributed by atoms with van der Waals surface area (Å²) >= 11 is 6.78. The van der Waals surface area contributed by atoms with E-state index in [1.807, 2.05) is 12.1 Å². The van der Waals surface area contributed by atoms with E-state index in [9.17, 15) is 9.18 Å². The minimum atomic E-state index is -0.901. The number of amides is 1. The van der Waals surface area contributed by atoms with Crippen LogP contribution >= 0.6 is 11.6 Å². The number of hydrogen-bond donors (Lipinski definition) is 0. The van der Waals surface area contributed by atoms with Crippen LogP contribution in [0.1, 0.15) is 73.9 Å². The molecule has 42 heavy (non-hydrogen) atoms. The first-order valence-electron chi connectivity index (χ1n) is 15.5. The molecule has 2 saturated heterocycles. The smallest absolute Gasteiger partial charge is 0.318 e. The lowest BCUT2D eigenvalue weighted by Gasteiger charge is -2.42. The predicted molar refractivity (Wildman–Crippen MR) is 162 cm³/mol. The molecule has 3 atom stereocenters. The van der Waals surface area contributed by atoms with E-state index in [-0.39, 0.29) is 12.1 Å². The molecule has 4 heterocycles. The Balaban J connectivity index is 1.30.